The standard InChI is InChI=1S/C22H28N6O9S2.Na/c1-3-26-10-11-27(20(33)19(26)32)22(34)25-15(14-7-5-4-6-8-14)17(30)24-16-18(31)28(39(35,36)37)21(16)38-12-9-23-13(2)29;/h4-8,15-16,21H,3,9-12H2,1-2H3,(H,23,29)(H,24,30)(H,25,34)(H,35,36,37);/q;+1/p-1. The molecule has 3 N–H and O–H groups in total. The minimum atomic E-state index is -5.19. The molecule has 18 heteroatoms. The number of imide groups is 1. The first-order valence-corrected chi connectivity index (χ1v) is 14.2. The van der Waals surface area contributed by atoms with Gasteiger partial charge in [-0.3, -0.25) is 28.9 Å². The maximum atomic E-state index is 13.3. The van der Waals surface area contributed by atoms with Crippen molar-refractivity contribution in [2.45, 2.75) is 31.3 Å². The third kappa shape index (κ3) is 7.73. The average Bonchev–Trinajstić information content (AvgIpc) is 2.88. The SMILES string of the molecule is CCN1CCN(C(=O)NC(C(=O)NC2C(=O)N(S(=O)(=O)[O-])C2SCCNC(C)=O)c2ccccc2)C(=O)C1=O.[Na+]. The Balaban J connectivity index is 0.00000560. The smallest absolute Gasteiger partial charge is 0.731 e. The molecule has 0 saturated carbocycles. The summed E-state index contributed by atoms with van der Waals surface area (Å²) in [5.41, 5.74) is 0.268. The maximum absolute atomic E-state index is 13.3. The van der Waals surface area contributed by atoms with Crippen LogP contribution in [0.25, 0.3) is 0 Å². The zero-order chi connectivity index (χ0) is 28.9. The van der Waals surface area contributed by atoms with Crippen LogP contribution >= 0.6 is 11.8 Å². The Bertz CT molecular complexity index is 1270. The predicted octanol–water partition coefficient (Wildman–Crippen LogP) is -4.89. The van der Waals surface area contributed by atoms with Gasteiger partial charge >= 0.3 is 47.4 Å². The van der Waals surface area contributed by atoms with Gasteiger partial charge in [0.05, 0.1) is 0 Å². The van der Waals surface area contributed by atoms with Crippen molar-refractivity contribution < 1.29 is 71.3 Å². The summed E-state index contributed by atoms with van der Waals surface area (Å²) in [5, 5.41) is 5.98. The molecular weight excluding hydrogens is 579 g/mol. The van der Waals surface area contributed by atoms with Crippen LogP contribution < -0.4 is 45.5 Å². The molecule has 1 aromatic rings. The van der Waals surface area contributed by atoms with Crippen molar-refractivity contribution in [2.24, 2.45) is 0 Å². The van der Waals surface area contributed by atoms with Gasteiger partial charge in [-0.1, -0.05) is 30.3 Å². The summed E-state index contributed by atoms with van der Waals surface area (Å²) >= 11 is 0.855. The summed E-state index contributed by atoms with van der Waals surface area (Å²) in [7, 11) is -5.19. The van der Waals surface area contributed by atoms with Gasteiger partial charge < -0.3 is 25.4 Å². The number of hydrogen-bond donors (Lipinski definition) is 3. The van der Waals surface area contributed by atoms with E-state index in [0.717, 1.165) is 11.8 Å². The van der Waals surface area contributed by atoms with Gasteiger partial charge in [0.15, 0.2) is 10.3 Å². The quantitative estimate of drug-likeness (QED) is 0.0761. The number of likely N-dealkylation sites (N-methyl/N-ethyl adjacent to an activating group) is 1. The maximum Gasteiger partial charge on any atom is 1.00 e. The van der Waals surface area contributed by atoms with E-state index in [1.165, 1.54) is 24.0 Å². The average molecular weight is 607 g/mol. The van der Waals surface area contributed by atoms with Crippen molar-refractivity contribution in [3.63, 3.8) is 0 Å². The van der Waals surface area contributed by atoms with Crippen molar-refractivity contribution in [1.82, 2.24) is 30.1 Å². The molecule has 0 radical (unpaired) electrons. The molecule has 2 fully saturated rings. The van der Waals surface area contributed by atoms with Crippen molar-refractivity contribution >= 4 is 57.6 Å². The van der Waals surface area contributed by atoms with Gasteiger partial charge in [0, 0.05) is 38.9 Å². The van der Waals surface area contributed by atoms with Gasteiger partial charge in [0.1, 0.15) is 17.5 Å². The summed E-state index contributed by atoms with van der Waals surface area (Å²) < 4.78 is 34.9. The number of amides is 7. The Labute approximate surface area is 256 Å². The molecule has 2 aliphatic heterocycles. The Hall–Kier alpha value is -2.70. The number of rotatable bonds is 10. The van der Waals surface area contributed by atoms with Gasteiger partial charge in [0.2, 0.25) is 11.8 Å². The van der Waals surface area contributed by atoms with Gasteiger partial charge in [-0.25, -0.2) is 17.5 Å². The topological polar surface area (TPSA) is 205 Å². The number of carbonyl (C=O) groups excluding carboxylic acids is 6. The number of hydrogen-bond acceptors (Lipinski definition) is 10. The number of carbonyl (C=O) groups is 6. The van der Waals surface area contributed by atoms with Crippen LogP contribution in [0.5, 0.6) is 0 Å². The molecule has 3 atom stereocenters. The first kappa shape index (κ1) is 33.5. The summed E-state index contributed by atoms with van der Waals surface area (Å²) in [5.74, 6) is -4.23. The van der Waals surface area contributed by atoms with Crippen molar-refractivity contribution in [3.8, 4) is 0 Å². The fourth-order valence-electron chi connectivity index (χ4n) is 3.93. The van der Waals surface area contributed by atoms with Crippen LogP contribution in [0.2, 0.25) is 0 Å². The molecule has 0 spiro atoms. The molecule has 2 heterocycles. The van der Waals surface area contributed by atoms with Crippen molar-refractivity contribution in [2.75, 3.05) is 31.9 Å². The second kappa shape index (κ2) is 14.3. The number of nitrogens with one attached hydrogen (secondary N) is 3. The van der Waals surface area contributed by atoms with Gasteiger partial charge in [0.25, 0.3) is 5.91 Å². The third-order valence-electron chi connectivity index (χ3n) is 5.90. The van der Waals surface area contributed by atoms with Gasteiger partial charge in [-0.15, -0.1) is 11.8 Å². The van der Waals surface area contributed by atoms with E-state index in [9.17, 15) is 41.7 Å². The minimum absolute atomic E-state index is 0. The normalized spacial score (nSPS) is 19.8. The Morgan fingerprint density at radius 1 is 1.10 bits per heavy atom. The molecule has 2 saturated heterocycles. The zero-order valence-electron chi connectivity index (χ0n) is 22.0. The number of urea groups is 1. The van der Waals surface area contributed by atoms with E-state index < -0.39 is 57.4 Å². The Morgan fingerprint density at radius 2 is 1.75 bits per heavy atom. The molecular formula is C22H27N6NaO9S2. The van der Waals surface area contributed by atoms with E-state index in [2.05, 4.69) is 16.0 Å². The molecule has 40 heavy (non-hydrogen) atoms. The molecule has 15 nitrogen and oxygen atoms in total. The first-order chi connectivity index (χ1) is 18.4. The van der Waals surface area contributed by atoms with Crippen LogP contribution in [0.1, 0.15) is 25.5 Å². The number of thioether (sulfide) groups is 1. The molecule has 0 aliphatic carbocycles. The van der Waals surface area contributed by atoms with E-state index >= 15 is 0 Å². The number of β-lactam (4-membered cyclic amide) rings is 1. The summed E-state index contributed by atoms with van der Waals surface area (Å²) in [6.45, 7) is 3.37. The minimum Gasteiger partial charge on any atom is -0.731 e. The van der Waals surface area contributed by atoms with Crippen LogP contribution in [0, 0.1) is 0 Å². The molecule has 0 bridgehead atoms. The van der Waals surface area contributed by atoms with Crippen LogP contribution in [0.3, 0.4) is 0 Å². The molecule has 7 amide bonds. The van der Waals surface area contributed by atoms with E-state index in [1.807, 2.05) is 0 Å². The number of benzene rings is 1. The third-order valence-corrected chi connectivity index (χ3v) is 8.19. The number of nitrogens with zero attached hydrogens (tertiary/aromatic N) is 3. The Morgan fingerprint density at radius 3 is 2.33 bits per heavy atom. The summed E-state index contributed by atoms with van der Waals surface area (Å²) in [6, 6.07) is 3.93. The largest absolute Gasteiger partial charge is 1.00 e. The van der Waals surface area contributed by atoms with E-state index in [-0.39, 0.29) is 77.3 Å². The van der Waals surface area contributed by atoms with E-state index in [1.54, 1.807) is 25.1 Å². The summed E-state index contributed by atoms with van der Waals surface area (Å²) in [6.07, 6.45) is 0. The van der Waals surface area contributed by atoms with Crippen molar-refractivity contribution in [3.05, 3.63) is 35.9 Å². The monoisotopic (exact) mass is 606 g/mol. The fraction of sp³-hybridized carbons (Fsp3) is 0.455. The van der Waals surface area contributed by atoms with E-state index in [0.29, 0.717) is 4.90 Å². The zero-order valence-corrected chi connectivity index (χ0v) is 25.6. The second-order valence-corrected chi connectivity index (χ2v) is 10.9. The predicted molar refractivity (Wildman–Crippen MR) is 135 cm³/mol. The van der Waals surface area contributed by atoms with Crippen LogP contribution in [0.4, 0.5) is 4.79 Å². The molecule has 3 unspecified atom stereocenters. The van der Waals surface area contributed by atoms with Gasteiger partial charge in [-0.05, 0) is 12.5 Å². The fourth-order valence-corrected chi connectivity index (χ4v) is 6.22. The van der Waals surface area contributed by atoms with Crippen LogP contribution in [-0.4, -0.2) is 106 Å². The second-order valence-electron chi connectivity index (χ2n) is 8.46. The van der Waals surface area contributed by atoms with Gasteiger partial charge in [-0.2, -0.15) is 0 Å². The van der Waals surface area contributed by atoms with Crippen LogP contribution in [-0.2, 0) is 34.3 Å². The molecule has 0 aromatic heterocycles. The molecule has 2 aliphatic rings. The van der Waals surface area contributed by atoms with Crippen molar-refractivity contribution in [1.29, 1.82) is 0 Å². The van der Waals surface area contributed by atoms with Crippen LogP contribution in [0.15, 0.2) is 30.3 Å². The molecule has 1 aromatic carbocycles. The first-order valence-electron chi connectivity index (χ1n) is 11.8. The molecule has 3 rings (SSSR count). The Kier molecular flexibility index (Phi) is 12.0. The number of piperazine rings is 1. The molecule has 212 valence electrons. The summed E-state index contributed by atoms with van der Waals surface area (Å²) in [4.78, 5) is 76.5. The van der Waals surface area contributed by atoms with E-state index in [4.69, 9.17) is 0 Å².